The van der Waals surface area contributed by atoms with Crippen molar-refractivity contribution >= 4 is 27.3 Å². The molecule has 0 aliphatic carbocycles. The number of nitrogens with zero attached hydrogens (tertiary/aromatic N) is 1. The minimum Gasteiger partial charge on any atom is -0.377 e. The highest BCUT2D eigenvalue weighted by molar-refractivity contribution is 9.11. The maximum atomic E-state index is 8.96. The molecule has 2 heterocycles. The maximum Gasteiger partial charge on any atom is 0.138 e. The van der Waals surface area contributed by atoms with Crippen LogP contribution in [-0.2, 0) is 10.2 Å². The topological polar surface area (TPSA) is 33.0 Å². The molecule has 0 bridgehead atoms. The van der Waals surface area contributed by atoms with Crippen LogP contribution in [0.1, 0.15) is 4.88 Å². The van der Waals surface area contributed by atoms with E-state index in [0.717, 1.165) is 8.66 Å². The molecule has 0 saturated carbocycles. The van der Waals surface area contributed by atoms with Gasteiger partial charge in [0, 0.05) is 4.88 Å². The normalized spacial score (nSPS) is 19.7. The minimum absolute atomic E-state index is 0.351. The van der Waals surface area contributed by atoms with Gasteiger partial charge in [0.25, 0.3) is 0 Å². The zero-order valence-electron chi connectivity index (χ0n) is 6.21. The van der Waals surface area contributed by atoms with Crippen molar-refractivity contribution in [3.8, 4) is 6.07 Å². The molecule has 1 aliphatic rings. The lowest BCUT2D eigenvalue weighted by Crippen LogP contribution is -2.44. The molecule has 2 rings (SSSR count). The highest BCUT2D eigenvalue weighted by atomic mass is 79.9. The smallest absolute Gasteiger partial charge is 0.138 e. The lowest BCUT2D eigenvalue weighted by Gasteiger charge is -2.33. The van der Waals surface area contributed by atoms with Crippen LogP contribution in [0.25, 0.3) is 0 Å². The summed E-state index contributed by atoms with van der Waals surface area (Å²) in [5.41, 5.74) is -0.351. The predicted molar refractivity (Wildman–Crippen MR) is 50.1 cm³/mol. The van der Waals surface area contributed by atoms with Crippen LogP contribution in [0.15, 0.2) is 15.9 Å². The van der Waals surface area contributed by atoms with E-state index in [9.17, 15) is 0 Å². The summed E-state index contributed by atoms with van der Waals surface area (Å²) >= 11 is 4.98. The monoisotopic (exact) mass is 243 g/mol. The van der Waals surface area contributed by atoms with Crippen LogP contribution in [-0.4, -0.2) is 13.2 Å². The largest absolute Gasteiger partial charge is 0.377 e. The summed E-state index contributed by atoms with van der Waals surface area (Å²) < 4.78 is 6.13. The first-order chi connectivity index (χ1) is 5.77. The Kier molecular flexibility index (Phi) is 1.95. The number of thiophene rings is 1. The molecule has 4 heteroatoms. The van der Waals surface area contributed by atoms with Crippen molar-refractivity contribution < 1.29 is 4.74 Å². The first kappa shape index (κ1) is 8.24. The first-order valence-electron chi connectivity index (χ1n) is 3.52. The molecule has 1 saturated heterocycles. The average molecular weight is 244 g/mol. The summed E-state index contributed by atoms with van der Waals surface area (Å²) in [6, 6.07) is 6.27. The molecule has 0 atom stereocenters. The molecule has 12 heavy (non-hydrogen) atoms. The Labute approximate surface area is 82.9 Å². The van der Waals surface area contributed by atoms with E-state index in [1.165, 1.54) is 0 Å². The van der Waals surface area contributed by atoms with Crippen molar-refractivity contribution in [2.24, 2.45) is 0 Å². The first-order valence-corrected chi connectivity index (χ1v) is 5.13. The van der Waals surface area contributed by atoms with Gasteiger partial charge in [0.15, 0.2) is 0 Å². The Bertz CT molecular complexity index is 337. The maximum absolute atomic E-state index is 8.96. The van der Waals surface area contributed by atoms with Crippen LogP contribution in [0.2, 0.25) is 0 Å². The number of nitriles is 1. The zero-order chi connectivity index (χ0) is 8.60. The van der Waals surface area contributed by atoms with E-state index in [1.807, 2.05) is 12.1 Å². The molecule has 1 aromatic heterocycles. The quantitative estimate of drug-likeness (QED) is 0.759. The molecule has 0 N–H and O–H groups in total. The molecule has 0 unspecified atom stereocenters. The summed E-state index contributed by atoms with van der Waals surface area (Å²) in [5.74, 6) is 0. The molecule has 0 amide bonds. The number of hydrogen-bond donors (Lipinski definition) is 0. The summed E-state index contributed by atoms with van der Waals surface area (Å²) in [7, 11) is 0. The van der Waals surface area contributed by atoms with E-state index >= 15 is 0 Å². The molecule has 62 valence electrons. The highest BCUT2D eigenvalue weighted by Crippen LogP contribution is 2.37. The van der Waals surface area contributed by atoms with Crippen molar-refractivity contribution in [1.82, 2.24) is 0 Å². The number of hydrogen-bond acceptors (Lipinski definition) is 3. The van der Waals surface area contributed by atoms with E-state index in [4.69, 9.17) is 10.00 Å². The Balaban J connectivity index is 2.35. The molecule has 0 spiro atoms. The van der Waals surface area contributed by atoms with E-state index in [-0.39, 0.29) is 5.41 Å². The van der Waals surface area contributed by atoms with Gasteiger partial charge >= 0.3 is 0 Å². The molecule has 1 fully saturated rings. The number of ether oxygens (including phenoxy) is 1. The Morgan fingerprint density at radius 1 is 1.58 bits per heavy atom. The van der Waals surface area contributed by atoms with Gasteiger partial charge in [-0.15, -0.1) is 11.3 Å². The third-order valence-electron chi connectivity index (χ3n) is 1.96. The zero-order valence-corrected chi connectivity index (χ0v) is 8.61. The summed E-state index contributed by atoms with van der Waals surface area (Å²) in [5, 5.41) is 8.96. The molecule has 0 aromatic carbocycles. The SMILES string of the molecule is N#CC1(c2ccc(Br)s2)COC1. The van der Waals surface area contributed by atoms with Gasteiger partial charge in [-0.05, 0) is 28.1 Å². The van der Waals surface area contributed by atoms with Crippen LogP contribution >= 0.6 is 27.3 Å². The van der Waals surface area contributed by atoms with Crippen molar-refractivity contribution in [1.29, 1.82) is 5.26 Å². The van der Waals surface area contributed by atoms with Gasteiger partial charge in [0.2, 0.25) is 0 Å². The van der Waals surface area contributed by atoms with Gasteiger partial charge in [-0.1, -0.05) is 0 Å². The van der Waals surface area contributed by atoms with Gasteiger partial charge in [0.1, 0.15) is 5.41 Å². The van der Waals surface area contributed by atoms with Gasteiger partial charge in [-0.3, -0.25) is 0 Å². The highest BCUT2D eigenvalue weighted by Gasteiger charge is 2.41. The van der Waals surface area contributed by atoms with Crippen LogP contribution < -0.4 is 0 Å². The predicted octanol–water partition coefficient (Wildman–Crippen LogP) is 2.30. The summed E-state index contributed by atoms with van der Waals surface area (Å²) in [4.78, 5) is 1.10. The lowest BCUT2D eigenvalue weighted by atomic mass is 9.86. The third-order valence-corrected chi connectivity index (χ3v) is 3.78. The van der Waals surface area contributed by atoms with Gasteiger partial charge in [0.05, 0.1) is 23.1 Å². The molecular weight excluding hydrogens is 238 g/mol. The fourth-order valence-corrected chi connectivity index (χ4v) is 2.64. The summed E-state index contributed by atoms with van der Waals surface area (Å²) in [6.45, 7) is 1.08. The van der Waals surface area contributed by atoms with Crippen LogP contribution in [0.3, 0.4) is 0 Å². The van der Waals surface area contributed by atoms with Crippen molar-refractivity contribution in [2.45, 2.75) is 5.41 Å². The van der Waals surface area contributed by atoms with Crippen molar-refractivity contribution in [3.63, 3.8) is 0 Å². The Hall–Kier alpha value is -0.370. The number of rotatable bonds is 1. The van der Waals surface area contributed by atoms with Crippen LogP contribution in [0.5, 0.6) is 0 Å². The van der Waals surface area contributed by atoms with E-state index in [2.05, 4.69) is 22.0 Å². The Morgan fingerprint density at radius 2 is 2.33 bits per heavy atom. The summed E-state index contributed by atoms with van der Waals surface area (Å²) in [6.07, 6.45) is 0. The molecular formula is C8H6BrNOS. The van der Waals surface area contributed by atoms with E-state index in [1.54, 1.807) is 11.3 Å². The Morgan fingerprint density at radius 3 is 2.67 bits per heavy atom. The lowest BCUT2D eigenvalue weighted by molar-refractivity contribution is -0.0280. The standard InChI is InChI=1S/C8H6BrNOS/c9-7-2-1-6(12-7)8(3-10)4-11-5-8/h1-2H,4-5H2. The van der Waals surface area contributed by atoms with E-state index in [0.29, 0.717) is 13.2 Å². The van der Waals surface area contributed by atoms with Crippen LogP contribution in [0, 0.1) is 11.3 Å². The van der Waals surface area contributed by atoms with Gasteiger partial charge in [-0.2, -0.15) is 5.26 Å². The van der Waals surface area contributed by atoms with E-state index < -0.39 is 0 Å². The molecule has 1 aliphatic heterocycles. The van der Waals surface area contributed by atoms with Crippen molar-refractivity contribution in [2.75, 3.05) is 13.2 Å². The molecule has 1 aromatic rings. The fraction of sp³-hybridized carbons (Fsp3) is 0.375. The second-order valence-electron chi connectivity index (χ2n) is 2.79. The third kappa shape index (κ3) is 1.09. The van der Waals surface area contributed by atoms with Crippen molar-refractivity contribution in [3.05, 3.63) is 20.8 Å². The molecule has 2 nitrogen and oxygen atoms in total. The second kappa shape index (κ2) is 2.84. The molecule has 0 radical (unpaired) electrons. The van der Waals surface area contributed by atoms with Gasteiger partial charge < -0.3 is 4.74 Å². The van der Waals surface area contributed by atoms with Crippen LogP contribution in [0.4, 0.5) is 0 Å². The van der Waals surface area contributed by atoms with Gasteiger partial charge in [-0.25, -0.2) is 0 Å². The number of halogens is 1. The fourth-order valence-electron chi connectivity index (χ4n) is 1.14. The second-order valence-corrected chi connectivity index (χ2v) is 5.25. The average Bonchev–Trinajstić information content (AvgIpc) is 2.35. The minimum atomic E-state index is -0.351.